The first-order valence-electron chi connectivity index (χ1n) is 12.0. The monoisotopic (exact) mass is 466 g/mol. The normalized spacial score (nSPS) is 18.6. The van der Waals surface area contributed by atoms with Crippen LogP contribution in [0.3, 0.4) is 0 Å². The van der Waals surface area contributed by atoms with Gasteiger partial charge in [0, 0.05) is 10.9 Å². The van der Waals surface area contributed by atoms with Crippen molar-refractivity contribution in [1.29, 1.82) is 0 Å². The van der Waals surface area contributed by atoms with Gasteiger partial charge in [-0.15, -0.1) is 0 Å². The van der Waals surface area contributed by atoms with Crippen LogP contribution in [0, 0.1) is 0 Å². The van der Waals surface area contributed by atoms with Gasteiger partial charge in [0.15, 0.2) is 11.5 Å². The number of benzene rings is 3. The highest BCUT2D eigenvalue weighted by Crippen LogP contribution is 2.36. The molecule has 176 valence electrons. The lowest BCUT2D eigenvalue weighted by Gasteiger charge is -2.22. The maximum atomic E-state index is 13.6. The van der Waals surface area contributed by atoms with Crippen molar-refractivity contribution in [3.8, 4) is 22.8 Å². The van der Waals surface area contributed by atoms with Gasteiger partial charge < -0.3 is 19.5 Å². The molecule has 1 aliphatic carbocycles. The van der Waals surface area contributed by atoms with Crippen LogP contribution < -0.4 is 14.8 Å². The fourth-order valence-electron chi connectivity index (χ4n) is 4.88. The van der Waals surface area contributed by atoms with E-state index < -0.39 is 0 Å². The summed E-state index contributed by atoms with van der Waals surface area (Å²) in [6.45, 7) is 0.761. The Morgan fingerprint density at radius 3 is 2.69 bits per heavy atom. The molecule has 1 saturated carbocycles. The van der Waals surface area contributed by atoms with Gasteiger partial charge in [-0.05, 0) is 55.2 Å². The number of carbonyl (C=O) groups is 1. The fourth-order valence-corrected chi connectivity index (χ4v) is 4.88. The maximum Gasteiger partial charge on any atom is 0.252 e. The molecule has 35 heavy (non-hydrogen) atoms. The summed E-state index contributed by atoms with van der Waals surface area (Å²) in [6, 6.07) is 25.5. The Balaban J connectivity index is 1.26. The number of ether oxygens (including phenoxy) is 3. The van der Waals surface area contributed by atoms with Crippen molar-refractivity contribution in [2.45, 2.75) is 38.0 Å². The predicted molar refractivity (Wildman–Crippen MR) is 133 cm³/mol. The summed E-state index contributed by atoms with van der Waals surface area (Å²) < 4.78 is 17.2. The Bertz CT molecular complexity index is 1370. The van der Waals surface area contributed by atoms with Crippen LogP contribution in [0.1, 0.15) is 35.2 Å². The van der Waals surface area contributed by atoms with Gasteiger partial charge in [-0.25, -0.2) is 4.98 Å². The number of hydrogen-bond donors (Lipinski definition) is 1. The Labute approximate surface area is 203 Å². The topological polar surface area (TPSA) is 69.7 Å². The van der Waals surface area contributed by atoms with Gasteiger partial charge >= 0.3 is 0 Å². The summed E-state index contributed by atoms with van der Waals surface area (Å²) in [4.78, 5) is 18.4. The van der Waals surface area contributed by atoms with Crippen molar-refractivity contribution in [3.63, 3.8) is 0 Å². The molecule has 0 radical (unpaired) electrons. The zero-order valence-electron chi connectivity index (χ0n) is 19.3. The molecule has 0 bridgehead atoms. The first-order chi connectivity index (χ1) is 17.2. The van der Waals surface area contributed by atoms with Crippen LogP contribution in [-0.2, 0) is 11.3 Å². The van der Waals surface area contributed by atoms with Gasteiger partial charge in [-0.3, -0.25) is 4.79 Å². The summed E-state index contributed by atoms with van der Waals surface area (Å²) in [5, 5.41) is 4.09. The highest BCUT2D eigenvalue weighted by molar-refractivity contribution is 6.07. The minimum atomic E-state index is -0.106. The molecule has 1 aromatic heterocycles. The van der Waals surface area contributed by atoms with Gasteiger partial charge in [0.2, 0.25) is 6.79 Å². The molecular formula is C29H26N2O4. The third-order valence-corrected chi connectivity index (χ3v) is 6.71. The molecule has 0 unspecified atom stereocenters. The number of carbonyl (C=O) groups excluding carboxylic acids is 1. The lowest BCUT2D eigenvalue weighted by molar-refractivity contribution is 0.0272. The number of nitrogens with one attached hydrogen (secondary N) is 1. The number of rotatable bonds is 6. The third kappa shape index (κ3) is 4.45. The molecule has 1 amide bonds. The Hall–Kier alpha value is -3.90. The molecule has 6 heteroatoms. The van der Waals surface area contributed by atoms with Gasteiger partial charge in [0.25, 0.3) is 5.91 Å². The van der Waals surface area contributed by atoms with Crippen molar-refractivity contribution in [2.75, 3.05) is 6.79 Å². The van der Waals surface area contributed by atoms with Crippen molar-refractivity contribution in [1.82, 2.24) is 10.3 Å². The molecule has 1 N–H and O–H groups in total. The Morgan fingerprint density at radius 1 is 0.943 bits per heavy atom. The standard InChI is InChI=1S/C29H26N2O4/c32-29(31-24-11-6-12-26(24)33-17-19-7-2-1-3-8-19)22-16-25(30-23-10-5-4-9-21(22)23)20-13-14-27-28(15-20)35-18-34-27/h1-5,7-10,13-16,24,26H,6,11-12,17-18H2,(H,31,32)/t24-,26-/m1/s1. The predicted octanol–water partition coefficient (Wildman–Crippen LogP) is 5.50. The first-order valence-corrected chi connectivity index (χ1v) is 12.0. The Kier molecular flexibility index (Phi) is 5.80. The van der Waals surface area contributed by atoms with E-state index in [-0.39, 0.29) is 24.8 Å². The van der Waals surface area contributed by atoms with Crippen LogP contribution in [0.2, 0.25) is 0 Å². The molecule has 1 aliphatic heterocycles. The highest BCUT2D eigenvalue weighted by atomic mass is 16.7. The summed E-state index contributed by atoms with van der Waals surface area (Å²) >= 11 is 0. The van der Waals surface area contributed by atoms with Crippen molar-refractivity contribution >= 4 is 16.8 Å². The van der Waals surface area contributed by atoms with E-state index in [4.69, 9.17) is 19.2 Å². The number of aromatic nitrogens is 1. The van der Waals surface area contributed by atoms with E-state index in [0.29, 0.717) is 17.9 Å². The van der Waals surface area contributed by atoms with Crippen LogP contribution in [0.4, 0.5) is 0 Å². The fraction of sp³-hybridized carbons (Fsp3) is 0.241. The van der Waals surface area contributed by atoms with Crippen LogP contribution in [-0.4, -0.2) is 29.8 Å². The number of hydrogen-bond acceptors (Lipinski definition) is 5. The molecular weight excluding hydrogens is 440 g/mol. The number of para-hydroxylation sites is 1. The quantitative estimate of drug-likeness (QED) is 0.406. The van der Waals surface area contributed by atoms with E-state index in [9.17, 15) is 4.79 Å². The van der Waals surface area contributed by atoms with Crippen LogP contribution >= 0.6 is 0 Å². The molecule has 4 aromatic rings. The van der Waals surface area contributed by atoms with E-state index in [1.54, 1.807) is 0 Å². The van der Waals surface area contributed by atoms with Crippen molar-refractivity contribution in [2.24, 2.45) is 0 Å². The number of pyridine rings is 1. The highest BCUT2D eigenvalue weighted by Gasteiger charge is 2.30. The van der Waals surface area contributed by atoms with Gasteiger partial charge in [0.05, 0.1) is 35.5 Å². The Morgan fingerprint density at radius 2 is 1.77 bits per heavy atom. The van der Waals surface area contributed by atoms with Crippen LogP contribution in [0.25, 0.3) is 22.2 Å². The average Bonchev–Trinajstić information content (AvgIpc) is 3.56. The molecule has 0 saturated heterocycles. The van der Waals surface area contributed by atoms with E-state index in [1.165, 1.54) is 0 Å². The lowest BCUT2D eigenvalue weighted by atomic mass is 10.0. The van der Waals surface area contributed by atoms with E-state index >= 15 is 0 Å². The SMILES string of the molecule is O=C(N[C@@H]1CCC[C@H]1OCc1ccccc1)c1cc(-c2ccc3c(c2)OCO3)nc2ccccc12. The number of fused-ring (bicyclic) bond motifs is 2. The van der Waals surface area contributed by atoms with E-state index in [2.05, 4.69) is 17.4 Å². The third-order valence-electron chi connectivity index (χ3n) is 6.71. The first kappa shape index (κ1) is 21.6. The summed E-state index contributed by atoms with van der Waals surface area (Å²) in [5.74, 6) is 1.30. The largest absolute Gasteiger partial charge is 0.454 e. The summed E-state index contributed by atoms with van der Waals surface area (Å²) in [6.07, 6.45) is 2.88. The zero-order chi connectivity index (χ0) is 23.6. The average molecular weight is 467 g/mol. The lowest BCUT2D eigenvalue weighted by Crippen LogP contribution is -2.41. The molecule has 6 rings (SSSR count). The number of amides is 1. The van der Waals surface area contributed by atoms with Gasteiger partial charge in [-0.1, -0.05) is 48.5 Å². The molecule has 6 nitrogen and oxygen atoms in total. The van der Waals surface area contributed by atoms with E-state index in [1.807, 2.05) is 66.7 Å². The smallest absolute Gasteiger partial charge is 0.252 e. The molecule has 3 aromatic carbocycles. The van der Waals surface area contributed by atoms with Crippen molar-refractivity contribution in [3.05, 3.63) is 90.0 Å². The molecule has 2 heterocycles. The zero-order valence-corrected chi connectivity index (χ0v) is 19.3. The second-order valence-electron chi connectivity index (χ2n) is 8.99. The molecule has 0 spiro atoms. The van der Waals surface area contributed by atoms with E-state index in [0.717, 1.165) is 52.7 Å². The molecule has 2 aliphatic rings. The molecule has 2 atom stereocenters. The maximum absolute atomic E-state index is 13.6. The minimum Gasteiger partial charge on any atom is -0.454 e. The van der Waals surface area contributed by atoms with Crippen LogP contribution in [0.5, 0.6) is 11.5 Å². The minimum absolute atomic E-state index is 0.000544. The second kappa shape index (κ2) is 9.39. The molecule has 1 fully saturated rings. The van der Waals surface area contributed by atoms with Gasteiger partial charge in [-0.2, -0.15) is 0 Å². The second-order valence-corrected chi connectivity index (χ2v) is 8.99. The number of nitrogens with zero attached hydrogens (tertiary/aromatic N) is 1. The van der Waals surface area contributed by atoms with Crippen LogP contribution in [0.15, 0.2) is 78.9 Å². The van der Waals surface area contributed by atoms with Crippen molar-refractivity contribution < 1.29 is 19.0 Å². The summed E-state index contributed by atoms with van der Waals surface area (Å²) in [7, 11) is 0. The summed E-state index contributed by atoms with van der Waals surface area (Å²) in [5.41, 5.74) is 4.11. The van der Waals surface area contributed by atoms with Gasteiger partial charge in [0.1, 0.15) is 0 Å².